The number of nitrogens with zero attached hydrogens (tertiary/aromatic N) is 2. The van der Waals surface area contributed by atoms with E-state index in [-0.39, 0.29) is 6.04 Å². The first kappa shape index (κ1) is 14.4. The van der Waals surface area contributed by atoms with Crippen LogP contribution < -0.4 is 5.73 Å². The molecule has 0 saturated carbocycles. The molecule has 2 unspecified atom stereocenters. The number of thiazole rings is 1. The number of fused-ring (bicyclic) bond motifs is 2. The third-order valence-electron chi connectivity index (χ3n) is 5.13. The number of rotatable bonds is 2. The standard InChI is InChI=1S/C18H23N3S/c1-11(2)21-8-7-16-18(22-10-20-16)17(21)13-3-5-14-12(9-13)4-6-15(14)19/h3,5,9-11,15,17H,4,6-8,19H2,1-2H3. The van der Waals surface area contributed by atoms with E-state index in [1.165, 1.54) is 27.3 Å². The van der Waals surface area contributed by atoms with E-state index in [4.69, 9.17) is 5.73 Å². The van der Waals surface area contributed by atoms with E-state index >= 15 is 0 Å². The summed E-state index contributed by atoms with van der Waals surface area (Å²) < 4.78 is 0. The van der Waals surface area contributed by atoms with Gasteiger partial charge in [-0.15, -0.1) is 11.3 Å². The van der Waals surface area contributed by atoms with Gasteiger partial charge in [-0.3, -0.25) is 4.90 Å². The fourth-order valence-electron chi connectivity index (χ4n) is 3.94. The summed E-state index contributed by atoms with van der Waals surface area (Å²) in [5, 5.41) is 0. The molecular formula is C18H23N3S. The van der Waals surface area contributed by atoms with Crippen molar-refractivity contribution >= 4 is 11.3 Å². The Bertz CT molecular complexity index is 691. The third-order valence-corrected chi connectivity index (χ3v) is 6.05. The van der Waals surface area contributed by atoms with Crippen molar-refractivity contribution in [2.24, 2.45) is 5.73 Å². The normalized spacial score (nSPS) is 24.5. The average molecular weight is 313 g/mol. The third kappa shape index (κ3) is 2.21. The van der Waals surface area contributed by atoms with Gasteiger partial charge in [0.2, 0.25) is 0 Å². The molecular weight excluding hydrogens is 290 g/mol. The van der Waals surface area contributed by atoms with E-state index in [2.05, 4.69) is 41.9 Å². The molecule has 1 aliphatic carbocycles. The average Bonchev–Trinajstić information content (AvgIpc) is 3.12. The van der Waals surface area contributed by atoms with Crippen LogP contribution in [0.3, 0.4) is 0 Å². The maximum Gasteiger partial charge on any atom is 0.0798 e. The molecule has 0 saturated heterocycles. The summed E-state index contributed by atoms with van der Waals surface area (Å²) in [5.41, 5.74) is 13.7. The van der Waals surface area contributed by atoms with Crippen molar-refractivity contribution in [1.29, 1.82) is 0 Å². The predicted octanol–water partition coefficient (Wildman–Crippen LogP) is 3.45. The summed E-state index contributed by atoms with van der Waals surface area (Å²) in [6, 6.07) is 8.08. The molecule has 2 aromatic rings. The van der Waals surface area contributed by atoms with Crippen LogP contribution in [0.15, 0.2) is 23.7 Å². The van der Waals surface area contributed by atoms with Crippen LogP contribution in [0.1, 0.15) is 59.6 Å². The summed E-state index contributed by atoms with van der Waals surface area (Å²) in [6.45, 7) is 5.68. The summed E-state index contributed by atoms with van der Waals surface area (Å²) in [5.74, 6) is 0. The Morgan fingerprint density at radius 1 is 1.32 bits per heavy atom. The number of hydrogen-bond donors (Lipinski definition) is 1. The summed E-state index contributed by atoms with van der Waals surface area (Å²) >= 11 is 1.81. The Morgan fingerprint density at radius 2 is 2.18 bits per heavy atom. The quantitative estimate of drug-likeness (QED) is 0.923. The predicted molar refractivity (Wildman–Crippen MR) is 91.2 cm³/mol. The smallest absolute Gasteiger partial charge is 0.0798 e. The van der Waals surface area contributed by atoms with Gasteiger partial charge in [0.1, 0.15) is 0 Å². The second-order valence-corrected chi connectivity index (χ2v) is 7.64. The van der Waals surface area contributed by atoms with Crippen LogP contribution in [-0.2, 0) is 12.8 Å². The monoisotopic (exact) mass is 313 g/mol. The van der Waals surface area contributed by atoms with Gasteiger partial charge in [-0.1, -0.05) is 18.2 Å². The van der Waals surface area contributed by atoms with Crippen molar-refractivity contribution in [1.82, 2.24) is 9.88 Å². The summed E-state index contributed by atoms with van der Waals surface area (Å²) in [7, 11) is 0. The molecule has 0 amide bonds. The van der Waals surface area contributed by atoms with Crippen LogP contribution in [0, 0.1) is 0 Å². The molecule has 0 spiro atoms. The van der Waals surface area contributed by atoms with Gasteiger partial charge >= 0.3 is 0 Å². The van der Waals surface area contributed by atoms with Gasteiger partial charge in [0.05, 0.1) is 17.2 Å². The molecule has 4 heteroatoms. The molecule has 0 bridgehead atoms. The van der Waals surface area contributed by atoms with Crippen molar-refractivity contribution < 1.29 is 0 Å². The van der Waals surface area contributed by atoms with E-state index < -0.39 is 0 Å². The van der Waals surface area contributed by atoms with Crippen LogP contribution in [0.4, 0.5) is 0 Å². The van der Waals surface area contributed by atoms with Gasteiger partial charge in [0, 0.05) is 29.9 Å². The molecule has 2 atom stereocenters. The van der Waals surface area contributed by atoms with Gasteiger partial charge in [-0.2, -0.15) is 0 Å². The Hall–Kier alpha value is -1.23. The molecule has 4 rings (SSSR count). The zero-order valence-corrected chi connectivity index (χ0v) is 14.1. The molecule has 22 heavy (non-hydrogen) atoms. The number of aryl methyl sites for hydroxylation is 1. The highest BCUT2D eigenvalue weighted by molar-refractivity contribution is 7.09. The fraction of sp³-hybridized carbons (Fsp3) is 0.500. The first-order valence-electron chi connectivity index (χ1n) is 8.21. The van der Waals surface area contributed by atoms with E-state index in [0.29, 0.717) is 12.1 Å². The lowest BCUT2D eigenvalue weighted by atomic mass is 9.93. The lowest BCUT2D eigenvalue weighted by Crippen LogP contribution is -2.40. The highest BCUT2D eigenvalue weighted by Crippen LogP contribution is 2.40. The van der Waals surface area contributed by atoms with Crippen LogP contribution in [0.5, 0.6) is 0 Å². The zero-order chi connectivity index (χ0) is 15.3. The molecule has 1 aliphatic heterocycles. The second-order valence-electron chi connectivity index (χ2n) is 6.75. The van der Waals surface area contributed by atoms with Gasteiger partial charge in [-0.05, 0) is 43.4 Å². The Kier molecular flexibility index (Phi) is 3.56. The number of hydrogen-bond acceptors (Lipinski definition) is 4. The molecule has 2 aliphatic rings. The molecule has 1 aromatic carbocycles. The van der Waals surface area contributed by atoms with Crippen molar-refractivity contribution in [2.45, 2.75) is 51.2 Å². The van der Waals surface area contributed by atoms with Crippen molar-refractivity contribution in [3.05, 3.63) is 51.0 Å². The highest BCUT2D eigenvalue weighted by Gasteiger charge is 2.33. The van der Waals surface area contributed by atoms with Crippen LogP contribution in [0.25, 0.3) is 0 Å². The maximum atomic E-state index is 6.19. The molecule has 1 aromatic heterocycles. The fourth-order valence-corrected chi connectivity index (χ4v) is 4.93. The largest absolute Gasteiger partial charge is 0.324 e. The maximum absolute atomic E-state index is 6.19. The minimum atomic E-state index is 0.232. The Morgan fingerprint density at radius 3 is 3.00 bits per heavy atom. The Labute approximate surface area is 136 Å². The van der Waals surface area contributed by atoms with Gasteiger partial charge in [0.25, 0.3) is 0 Å². The van der Waals surface area contributed by atoms with E-state index in [9.17, 15) is 0 Å². The lowest BCUT2D eigenvalue weighted by Gasteiger charge is -2.38. The highest BCUT2D eigenvalue weighted by atomic mass is 32.1. The zero-order valence-electron chi connectivity index (χ0n) is 13.2. The minimum absolute atomic E-state index is 0.232. The molecule has 0 fully saturated rings. The first-order chi connectivity index (χ1) is 10.6. The lowest BCUT2D eigenvalue weighted by molar-refractivity contribution is 0.169. The van der Waals surface area contributed by atoms with E-state index in [0.717, 1.165) is 25.8 Å². The topological polar surface area (TPSA) is 42.2 Å². The summed E-state index contributed by atoms with van der Waals surface area (Å²) in [4.78, 5) is 8.62. The van der Waals surface area contributed by atoms with E-state index in [1.807, 2.05) is 5.51 Å². The van der Waals surface area contributed by atoms with Crippen LogP contribution in [0.2, 0.25) is 0 Å². The molecule has 3 nitrogen and oxygen atoms in total. The van der Waals surface area contributed by atoms with Crippen LogP contribution in [-0.4, -0.2) is 22.5 Å². The van der Waals surface area contributed by atoms with Crippen molar-refractivity contribution in [3.63, 3.8) is 0 Å². The van der Waals surface area contributed by atoms with Crippen molar-refractivity contribution in [2.75, 3.05) is 6.54 Å². The molecule has 116 valence electrons. The molecule has 2 N–H and O–H groups in total. The van der Waals surface area contributed by atoms with Gasteiger partial charge in [-0.25, -0.2) is 4.98 Å². The molecule has 0 radical (unpaired) electrons. The van der Waals surface area contributed by atoms with Gasteiger partial charge in [0.15, 0.2) is 0 Å². The second kappa shape index (κ2) is 5.44. The number of nitrogens with two attached hydrogens (primary N) is 1. The number of benzene rings is 1. The summed E-state index contributed by atoms with van der Waals surface area (Å²) in [6.07, 6.45) is 3.28. The van der Waals surface area contributed by atoms with Crippen LogP contribution >= 0.6 is 11.3 Å². The van der Waals surface area contributed by atoms with Gasteiger partial charge < -0.3 is 5.73 Å². The van der Waals surface area contributed by atoms with E-state index in [1.54, 1.807) is 11.3 Å². The first-order valence-corrected chi connectivity index (χ1v) is 9.09. The minimum Gasteiger partial charge on any atom is -0.324 e. The Balaban J connectivity index is 1.79. The SMILES string of the molecule is CC(C)N1CCc2ncsc2C1c1ccc2c(c1)CCC2N. The molecule has 2 heterocycles. The van der Waals surface area contributed by atoms with Crippen molar-refractivity contribution in [3.8, 4) is 0 Å². The number of aromatic nitrogens is 1.